The molecule has 2 aromatic carbocycles. The van der Waals surface area contributed by atoms with Gasteiger partial charge in [-0.25, -0.2) is 22.7 Å². The van der Waals surface area contributed by atoms with Crippen molar-refractivity contribution in [2.24, 2.45) is 5.41 Å². The molecule has 4 fully saturated rings. The summed E-state index contributed by atoms with van der Waals surface area (Å²) in [5, 5.41) is 13.5. The predicted molar refractivity (Wildman–Crippen MR) is 223 cm³/mol. The van der Waals surface area contributed by atoms with Crippen molar-refractivity contribution in [2.75, 3.05) is 50.0 Å². The van der Waals surface area contributed by atoms with Gasteiger partial charge in [-0.15, -0.1) is 5.10 Å². The molecule has 0 bridgehead atoms. The van der Waals surface area contributed by atoms with Crippen LogP contribution in [0.3, 0.4) is 0 Å². The van der Waals surface area contributed by atoms with Crippen LogP contribution in [0.1, 0.15) is 64.3 Å². The molecule has 4 aliphatic heterocycles. The Morgan fingerprint density at radius 3 is 2.51 bits per heavy atom. The third kappa shape index (κ3) is 7.17. The second kappa shape index (κ2) is 15.1. The number of piperidine rings is 2. The smallest absolute Gasteiger partial charge is 0.271 e. The number of alkyl halides is 3. The van der Waals surface area contributed by atoms with Crippen molar-refractivity contribution in [3.05, 3.63) is 100.0 Å². The third-order valence-electron chi connectivity index (χ3n) is 13.0. The van der Waals surface area contributed by atoms with Gasteiger partial charge in [0.15, 0.2) is 17.2 Å². The summed E-state index contributed by atoms with van der Waals surface area (Å²) in [6.07, 6.45) is 4.24. The summed E-state index contributed by atoms with van der Waals surface area (Å²) in [5.74, 6) is -3.85. The fourth-order valence-corrected chi connectivity index (χ4v) is 9.81. The molecule has 3 saturated heterocycles. The number of halogens is 4. The van der Waals surface area contributed by atoms with Crippen molar-refractivity contribution < 1.29 is 27.6 Å². The van der Waals surface area contributed by atoms with Crippen molar-refractivity contribution in [1.29, 1.82) is 0 Å². The van der Waals surface area contributed by atoms with Gasteiger partial charge < -0.3 is 15.5 Å². The Balaban J connectivity index is 0.784. The highest BCUT2D eigenvalue weighted by atomic mass is 35.5. The molecule has 3 aromatic heterocycles. The summed E-state index contributed by atoms with van der Waals surface area (Å²) in [5.41, 5.74) is 6.54. The maximum absolute atomic E-state index is 16.0. The highest BCUT2D eigenvalue weighted by Crippen LogP contribution is 2.51. The first kappa shape index (κ1) is 39.5. The molecule has 0 radical (unpaired) electrons. The summed E-state index contributed by atoms with van der Waals surface area (Å²) in [7, 11) is 1.78. The van der Waals surface area contributed by atoms with E-state index in [1.807, 2.05) is 58.3 Å². The number of fused-ring (bicyclic) bond motifs is 2. The number of imidazole rings is 1. The Labute approximate surface area is 354 Å². The lowest BCUT2D eigenvalue weighted by atomic mass is 9.69. The predicted octanol–water partition coefficient (Wildman–Crippen LogP) is 5.88. The minimum atomic E-state index is -2.88. The quantitative estimate of drug-likeness (QED) is 0.146. The van der Waals surface area contributed by atoms with Crippen molar-refractivity contribution in [1.82, 2.24) is 40.0 Å². The number of carbonyl (C=O) groups is 3. The molecule has 3 amide bonds. The molecular formula is C44H44ClF3N10O3. The van der Waals surface area contributed by atoms with Crippen molar-refractivity contribution in [2.45, 2.75) is 69.2 Å². The fourth-order valence-electron chi connectivity index (χ4n) is 9.57. The molecule has 13 nitrogen and oxygen atoms in total. The number of hydrogen-bond donors (Lipinski definition) is 3. The number of benzene rings is 2. The summed E-state index contributed by atoms with van der Waals surface area (Å²) in [4.78, 5) is 52.3. The number of anilines is 3. The minimum absolute atomic E-state index is 0.224. The van der Waals surface area contributed by atoms with Crippen LogP contribution < -0.4 is 20.9 Å². The molecule has 10 rings (SSSR count). The maximum Gasteiger partial charge on any atom is 0.271 e. The van der Waals surface area contributed by atoms with Gasteiger partial charge in [0.2, 0.25) is 11.8 Å². The second-order valence-corrected chi connectivity index (χ2v) is 17.5. The van der Waals surface area contributed by atoms with Crippen LogP contribution in [0, 0.1) is 5.41 Å². The lowest BCUT2D eigenvalue weighted by molar-refractivity contribution is -0.227. The summed E-state index contributed by atoms with van der Waals surface area (Å²) in [6, 6.07) is 16.8. The van der Waals surface area contributed by atoms with E-state index in [2.05, 4.69) is 25.8 Å². The van der Waals surface area contributed by atoms with E-state index in [1.54, 1.807) is 19.3 Å². The Bertz CT molecular complexity index is 2580. The molecule has 3 atom stereocenters. The van der Waals surface area contributed by atoms with Gasteiger partial charge in [0.1, 0.15) is 6.17 Å². The lowest BCUT2D eigenvalue weighted by Gasteiger charge is -2.57. The van der Waals surface area contributed by atoms with E-state index in [4.69, 9.17) is 21.7 Å². The first-order valence-corrected chi connectivity index (χ1v) is 21.1. The van der Waals surface area contributed by atoms with E-state index in [0.29, 0.717) is 73.2 Å². The van der Waals surface area contributed by atoms with Gasteiger partial charge in [-0.3, -0.25) is 34.5 Å². The van der Waals surface area contributed by atoms with E-state index in [9.17, 15) is 18.8 Å². The van der Waals surface area contributed by atoms with Gasteiger partial charge in [-0.2, -0.15) is 0 Å². The lowest BCUT2D eigenvalue weighted by Crippen LogP contribution is -2.69. The van der Waals surface area contributed by atoms with Gasteiger partial charge in [0.25, 0.3) is 11.8 Å². The first-order valence-electron chi connectivity index (χ1n) is 20.7. The topological polar surface area (TPSA) is 140 Å². The molecule has 3 N–H and O–H groups in total. The van der Waals surface area contributed by atoms with Crippen molar-refractivity contribution >= 4 is 52.2 Å². The normalized spacial score (nSPS) is 23.2. The van der Waals surface area contributed by atoms with Gasteiger partial charge >= 0.3 is 0 Å². The second-order valence-electron chi connectivity index (χ2n) is 17.1. The number of imide groups is 1. The van der Waals surface area contributed by atoms with Crippen LogP contribution in [0.2, 0.25) is 5.02 Å². The monoisotopic (exact) mass is 852 g/mol. The van der Waals surface area contributed by atoms with Gasteiger partial charge in [-0.1, -0.05) is 41.9 Å². The Hall–Kier alpha value is -5.58. The van der Waals surface area contributed by atoms with Crippen molar-refractivity contribution in [3.8, 4) is 11.3 Å². The van der Waals surface area contributed by atoms with E-state index < -0.39 is 35.4 Å². The van der Waals surface area contributed by atoms with E-state index >= 15 is 8.78 Å². The summed E-state index contributed by atoms with van der Waals surface area (Å²) >= 11 is 6.45. The maximum atomic E-state index is 16.0. The zero-order valence-corrected chi connectivity index (χ0v) is 34.2. The number of aromatic nitrogens is 4. The van der Waals surface area contributed by atoms with Crippen LogP contribution in [0.25, 0.3) is 16.9 Å². The van der Waals surface area contributed by atoms with Gasteiger partial charge in [-0.05, 0) is 66.3 Å². The molecule has 1 aliphatic carbocycles. The van der Waals surface area contributed by atoms with Gasteiger partial charge in [0, 0.05) is 81.1 Å². The molecule has 7 heterocycles. The van der Waals surface area contributed by atoms with Crippen LogP contribution in [-0.2, 0) is 29.1 Å². The summed E-state index contributed by atoms with van der Waals surface area (Å²) < 4.78 is 47.0. The van der Waals surface area contributed by atoms with Crippen LogP contribution in [-0.4, -0.2) is 105 Å². The average molecular weight is 853 g/mol. The number of pyridine rings is 1. The van der Waals surface area contributed by atoms with Crippen LogP contribution >= 0.6 is 11.6 Å². The number of nitrogens with one attached hydrogen (secondary N) is 3. The fraction of sp³-hybridized carbons (Fsp3) is 0.409. The molecule has 1 saturated carbocycles. The molecule has 61 heavy (non-hydrogen) atoms. The third-order valence-corrected chi connectivity index (χ3v) is 13.4. The number of rotatable bonds is 10. The van der Waals surface area contributed by atoms with Crippen LogP contribution in [0.15, 0.2) is 67.0 Å². The number of amides is 3. The molecule has 5 aromatic rings. The Morgan fingerprint density at radius 1 is 0.967 bits per heavy atom. The number of carbonyl (C=O) groups excluding carboxylic acids is 3. The highest BCUT2D eigenvalue weighted by Gasteiger charge is 2.62. The largest absolute Gasteiger partial charge is 0.385 e. The SMILES string of the molecule is CNc1cc(N2CCc3c(-c4ccc(CN5CCC6(CN(Cc7ccc(Cl)c(C8CCC(=O)NC8=O)c7)C6)C(F)(F)C5)cn4)cccc32)nn2c(C(=O)NC3C[C@@H]3F)cnc12. The molecular weight excluding hydrogens is 809 g/mol. The first-order chi connectivity index (χ1) is 29.4. The molecule has 316 valence electrons. The van der Waals surface area contributed by atoms with Gasteiger partial charge in [0.05, 0.1) is 41.5 Å². The Kier molecular flexibility index (Phi) is 9.79. The van der Waals surface area contributed by atoms with Crippen LogP contribution in [0.5, 0.6) is 0 Å². The van der Waals surface area contributed by atoms with E-state index in [-0.39, 0.29) is 43.6 Å². The molecule has 17 heteroatoms. The Morgan fingerprint density at radius 2 is 1.77 bits per heavy atom. The van der Waals surface area contributed by atoms with Crippen molar-refractivity contribution in [3.63, 3.8) is 0 Å². The average Bonchev–Trinajstić information content (AvgIpc) is 3.54. The zero-order valence-electron chi connectivity index (χ0n) is 33.4. The highest BCUT2D eigenvalue weighted by molar-refractivity contribution is 6.31. The zero-order chi connectivity index (χ0) is 42.2. The van der Waals surface area contributed by atoms with E-state index in [1.165, 1.54) is 10.7 Å². The van der Waals surface area contributed by atoms with Crippen LogP contribution in [0.4, 0.5) is 30.4 Å². The molecule has 2 unspecified atom stereocenters. The molecule has 5 aliphatic rings. The van der Waals surface area contributed by atoms with E-state index in [0.717, 1.165) is 40.1 Å². The molecule has 1 spiro atoms. The number of hydrogen-bond acceptors (Lipinski definition) is 10. The standard InChI is InChI=1S/C44H44ClF3N10O3/c1-49-35-17-38(54-58-37(19-51-40(35)58)42(61)52-34-16-32(34)46)57-13-11-28-27(3-2-4-36(28)57)33-9-6-26(18-50-33)21-55-14-12-43(44(47,48)24-55)22-56(23-43)20-25-5-8-31(45)30(15-25)29-7-10-39(59)53-41(29)60/h2-6,8-9,15,17-19,29,32,34,49H,7,10-14,16,20-24H2,1H3,(H,52,61)(H,53,59,60)/t29?,32-,34?/m0/s1. The number of likely N-dealkylation sites (tertiary alicyclic amines) is 2. The summed E-state index contributed by atoms with van der Waals surface area (Å²) in [6.45, 7) is 2.26. The minimum Gasteiger partial charge on any atom is -0.385 e. The number of nitrogens with zero attached hydrogens (tertiary/aromatic N) is 7.